The van der Waals surface area contributed by atoms with Crippen LogP contribution in [-0.4, -0.2) is 43.1 Å². The van der Waals surface area contributed by atoms with Crippen LogP contribution in [0.15, 0.2) is 24.3 Å². The smallest absolute Gasteiger partial charge is 0.264 e. The van der Waals surface area contributed by atoms with Gasteiger partial charge >= 0.3 is 0 Å². The second-order valence-electron chi connectivity index (χ2n) is 4.98. The summed E-state index contributed by atoms with van der Waals surface area (Å²) in [7, 11) is 1.95. The molecule has 4 nitrogen and oxygen atoms in total. The fraction of sp³-hybridized carbons (Fsp3) is 0.500. The molecule has 18 heavy (non-hydrogen) atoms. The molecule has 0 radical (unpaired) electrons. The molecular weight excluding hydrogens is 228 g/mol. The summed E-state index contributed by atoms with van der Waals surface area (Å²) in [4.78, 5) is 14.3. The summed E-state index contributed by atoms with van der Waals surface area (Å²) >= 11 is 0. The van der Waals surface area contributed by atoms with Crippen LogP contribution >= 0.6 is 0 Å². The van der Waals surface area contributed by atoms with Crippen molar-refractivity contribution in [3.8, 4) is 5.75 Å². The summed E-state index contributed by atoms with van der Waals surface area (Å²) in [6.07, 6.45) is 1.41. The zero-order valence-corrected chi connectivity index (χ0v) is 10.6. The van der Waals surface area contributed by atoms with Crippen molar-refractivity contribution >= 4 is 5.91 Å². The van der Waals surface area contributed by atoms with Gasteiger partial charge in [-0.2, -0.15) is 0 Å². The maximum Gasteiger partial charge on any atom is 0.264 e. The first-order chi connectivity index (χ1) is 8.78. The average Bonchev–Trinajstić information content (AvgIpc) is 3.04. The van der Waals surface area contributed by atoms with Crippen LogP contribution in [0.3, 0.4) is 0 Å². The number of likely N-dealkylation sites (N-methyl/N-ethyl adjacent to an activating group) is 1. The number of hydrogen-bond acceptors (Lipinski definition) is 3. The molecule has 0 spiro atoms. The van der Waals surface area contributed by atoms with E-state index in [1.54, 1.807) is 0 Å². The van der Waals surface area contributed by atoms with Gasteiger partial charge in [-0.25, -0.2) is 0 Å². The minimum absolute atomic E-state index is 0.129. The molecule has 2 unspecified atom stereocenters. The fourth-order valence-electron chi connectivity index (χ4n) is 2.72. The molecule has 1 saturated heterocycles. The lowest BCUT2D eigenvalue weighted by atomic mass is 10.1. The van der Waals surface area contributed by atoms with Gasteiger partial charge in [0.1, 0.15) is 5.75 Å². The number of para-hydroxylation sites is 1. The molecule has 2 atom stereocenters. The van der Waals surface area contributed by atoms with Gasteiger partial charge in [0.25, 0.3) is 5.91 Å². The van der Waals surface area contributed by atoms with E-state index in [0.29, 0.717) is 12.5 Å². The lowest BCUT2D eigenvalue weighted by Gasteiger charge is -2.20. The number of carbonyl (C=O) groups excluding carboxylic acids is 1. The Morgan fingerprint density at radius 2 is 2.28 bits per heavy atom. The van der Waals surface area contributed by atoms with Crippen molar-refractivity contribution in [2.24, 2.45) is 0 Å². The lowest BCUT2D eigenvalue weighted by Crippen LogP contribution is -2.41. The molecule has 1 N–H and O–H groups in total. The third-order valence-electron chi connectivity index (χ3n) is 3.83. The van der Waals surface area contributed by atoms with Crippen molar-refractivity contribution in [1.29, 1.82) is 0 Å². The Labute approximate surface area is 107 Å². The number of amides is 1. The average molecular weight is 246 g/mol. The SMILES string of the molecule is CNC1CCN(C(=O)C2Cc3ccccc3O2)C1. The maximum absolute atomic E-state index is 12.4. The minimum Gasteiger partial charge on any atom is -0.480 e. The first-order valence-electron chi connectivity index (χ1n) is 6.48. The van der Waals surface area contributed by atoms with Crippen molar-refractivity contribution in [2.75, 3.05) is 20.1 Å². The molecule has 0 bridgehead atoms. The molecule has 2 heterocycles. The van der Waals surface area contributed by atoms with E-state index in [0.717, 1.165) is 30.8 Å². The summed E-state index contributed by atoms with van der Waals surface area (Å²) in [6.45, 7) is 1.63. The lowest BCUT2D eigenvalue weighted by molar-refractivity contribution is -0.136. The van der Waals surface area contributed by atoms with E-state index in [1.807, 2.05) is 36.2 Å². The molecule has 1 amide bonds. The van der Waals surface area contributed by atoms with Crippen molar-refractivity contribution in [3.05, 3.63) is 29.8 Å². The van der Waals surface area contributed by atoms with E-state index in [-0.39, 0.29) is 12.0 Å². The number of ether oxygens (including phenoxy) is 1. The third-order valence-corrected chi connectivity index (χ3v) is 3.83. The van der Waals surface area contributed by atoms with Crippen LogP contribution in [0.1, 0.15) is 12.0 Å². The van der Waals surface area contributed by atoms with E-state index >= 15 is 0 Å². The standard InChI is InChI=1S/C14H18N2O2/c1-15-11-6-7-16(9-11)14(17)13-8-10-4-2-3-5-12(10)18-13/h2-5,11,13,15H,6-9H2,1H3. The van der Waals surface area contributed by atoms with Crippen LogP contribution < -0.4 is 10.1 Å². The van der Waals surface area contributed by atoms with Gasteiger partial charge in [0.15, 0.2) is 6.10 Å². The molecular formula is C14H18N2O2. The van der Waals surface area contributed by atoms with Gasteiger partial charge in [-0.3, -0.25) is 4.79 Å². The number of fused-ring (bicyclic) bond motifs is 1. The fourth-order valence-corrected chi connectivity index (χ4v) is 2.72. The van der Waals surface area contributed by atoms with E-state index in [2.05, 4.69) is 5.32 Å². The van der Waals surface area contributed by atoms with Crippen molar-refractivity contribution in [3.63, 3.8) is 0 Å². The summed E-state index contributed by atoms with van der Waals surface area (Å²) in [6, 6.07) is 8.32. The largest absolute Gasteiger partial charge is 0.480 e. The molecule has 3 rings (SSSR count). The highest BCUT2D eigenvalue weighted by Gasteiger charge is 2.35. The van der Waals surface area contributed by atoms with E-state index < -0.39 is 0 Å². The molecule has 0 aliphatic carbocycles. The highest BCUT2D eigenvalue weighted by molar-refractivity contribution is 5.83. The molecule has 1 fully saturated rings. The van der Waals surface area contributed by atoms with E-state index in [4.69, 9.17) is 4.74 Å². The Bertz CT molecular complexity index is 436. The number of benzene rings is 1. The molecule has 0 saturated carbocycles. The van der Waals surface area contributed by atoms with Crippen LogP contribution in [0.4, 0.5) is 0 Å². The summed E-state index contributed by atoms with van der Waals surface area (Å²) in [5, 5.41) is 3.22. The minimum atomic E-state index is -0.321. The van der Waals surface area contributed by atoms with Gasteiger partial charge in [-0.1, -0.05) is 18.2 Å². The number of hydrogen-bond donors (Lipinski definition) is 1. The zero-order valence-electron chi connectivity index (χ0n) is 10.6. The summed E-state index contributed by atoms with van der Waals surface area (Å²) < 4.78 is 5.74. The molecule has 0 aromatic heterocycles. The van der Waals surface area contributed by atoms with Crippen LogP contribution in [0.25, 0.3) is 0 Å². The van der Waals surface area contributed by atoms with Gasteiger partial charge in [0, 0.05) is 25.6 Å². The topological polar surface area (TPSA) is 41.6 Å². The molecule has 96 valence electrons. The predicted molar refractivity (Wildman–Crippen MR) is 68.6 cm³/mol. The molecule has 1 aromatic carbocycles. The Morgan fingerprint density at radius 1 is 1.44 bits per heavy atom. The summed E-state index contributed by atoms with van der Waals surface area (Å²) in [5.74, 6) is 0.990. The van der Waals surface area contributed by atoms with E-state index in [1.165, 1.54) is 0 Å². The molecule has 2 aliphatic heterocycles. The normalized spacial score (nSPS) is 25.9. The number of carbonyl (C=O) groups is 1. The van der Waals surface area contributed by atoms with Crippen LogP contribution in [0.5, 0.6) is 5.75 Å². The van der Waals surface area contributed by atoms with Crippen LogP contribution in [0.2, 0.25) is 0 Å². The van der Waals surface area contributed by atoms with Gasteiger partial charge in [-0.15, -0.1) is 0 Å². The van der Waals surface area contributed by atoms with Crippen molar-refractivity contribution in [2.45, 2.75) is 25.0 Å². The highest BCUT2D eigenvalue weighted by atomic mass is 16.5. The third kappa shape index (κ3) is 1.97. The second kappa shape index (κ2) is 4.61. The molecule has 2 aliphatic rings. The monoisotopic (exact) mass is 246 g/mol. The van der Waals surface area contributed by atoms with Crippen LogP contribution in [-0.2, 0) is 11.2 Å². The number of nitrogens with zero attached hydrogens (tertiary/aromatic N) is 1. The van der Waals surface area contributed by atoms with Crippen molar-refractivity contribution < 1.29 is 9.53 Å². The summed E-state index contributed by atoms with van der Waals surface area (Å²) in [5.41, 5.74) is 1.14. The number of nitrogens with one attached hydrogen (secondary N) is 1. The Kier molecular flexibility index (Phi) is 2.96. The zero-order chi connectivity index (χ0) is 12.5. The van der Waals surface area contributed by atoms with E-state index in [9.17, 15) is 4.79 Å². The predicted octanol–water partition coefficient (Wildman–Crippen LogP) is 0.810. The first kappa shape index (κ1) is 11.5. The van der Waals surface area contributed by atoms with Crippen molar-refractivity contribution in [1.82, 2.24) is 10.2 Å². The van der Waals surface area contributed by atoms with Gasteiger partial charge in [0.05, 0.1) is 0 Å². The Morgan fingerprint density at radius 3 is 3.00 bits per heavy atom. The van der Waals surface area contributed by atoms with Gasteiger partial charge in [-0.05, 0) is 25.1 Å². The van der Waals surface area contributed by atoms with Gasteiger partial charge < -0.3 is 15.0 Å². The quantitative estimate of drug-likeness (QED) is 0.839. The van der Waals surface area contributed by atoms with Gasteiger partial charge in [0.2, 0.25) is 0 Å². The van der Waals surface area contributed by atoms with Crippen LogP contribution in [0, 0.1) is 0 Å². The molecule has 4 heteroatoms. The Balaban J connectivity index is 1.66. The second-order valence-corrected chi connectivity index (χ2v) is 4.98. The highest BCUT2D eigenvalue weighted by Crippen LogP contribution is 2.29. The number of likely N-dealkylation sites (tertiary alicyclic amines) is 1. The number of rotatable bonds is 2. The maximum atomic E-state index is 12.4. The molecule has 1 aromatic rings. The Hall–Kier alpha value is -1.55. The first-order valence-corrected chi connectivity index (χ1v) is 6.48.